The first kappa shape index (κ1) is 9.47. The Morgan fingerprint density at radius 1 is 1.08 bits per heavy atom. The molecule has 1 saturated heterocycles. The van der Waals surface area contributed by atoms with E-state index in [1.807, 2.05) is 0 Å². The second kappa shape index (κ2) is 3.58. The lowest BCUT2D eigenvalue weighted by molar-refractivity contribution is -0.0140. The van der Waals surface area contributed by atoms with E-state index in [1.165, 1.54) is 51.6 Å². The van der Waals surface area contributed by atoms with Crippen LogP contribution in [0.3, 0.4) is 0 Å². The normalized spacial score (nSPS) is 30.9. The van der Waals surface area contributed by atoms with E-state index >= 15 is 0 Å². The molecule has 2 heteroatoms. The van der Waals surface area contributed by atoms with E-state index < -0.39 is 0 Å². The van der Waals surface area contributed by atoms with E-state index in [9.17, 15) is 0 Å². The van der Waals surface area contributed by atoms with Crippen LogP contribution in [0.2, 0.25) is 0 Å². The maximum atomic E-state index is 6.12. The third-order valence-electron chi connectivity index (χ3n) is 4.05. The van der Waals surface area contributed by atoms with Gasteiger partial charge in [-0.25, -0.2) is 0 Å². The fraction of sp³-hybridized carbons (Fsp3) is 1.00. The highest BCUT2D eigenvalue weighted by Gasteiger charge is 2.45. The molecule has 2 N–H and O–H groups in total. The van der Waals surface area contributed by atoms with E-state index in [0.29, 0.717) is 11.6 Å². The molecule has 2 rings (SSSR count). The minimum absolute atomic E-state index is 0.361. The van der Waals surface area contributed by atoms with Crippen molar-refractivity contribution < 1.29 is 0 Å². The van der Waals surface area contributed by atoms with Crippen molar-refractivity contribution in [1.29, 1.82) is 0 Å². The van der Waals surface area contributed by atoms with Gasteiger partial charge in [-0.05, 0) is 52.1 Å². The molecule has 2 fully saturated rings. The van der Waals surface area contributed by atoms with Crippen molar-refractivity contribution in [3.05, 3.63) is 0 Å². The molecule has 1 aliphatic carbocycles. The Morgan fingerprint density at radius 2 is 1.69 bits per heavy atom. The molecule has 1 heterocycles. The first-order valence-corrected chi connectivity index (χ1v) is 5.76. The van der Waals surface area contributed by atoms with Gasteiger partial charge >= 0.3 is 0 Å². The Labute approximate surface area is 81.5 Å². The summed E-state index contributed by atoms with van der Waals surface area (Å²) >= 11 is 0. The summed E-state index contributed by atoms with van der Waals surface area (Å²) in [6.07, 6.45) is 8.25. The highest BCUT2D eigenvalue weighted by molar-refractivity contribution is 5.04. The minimum Gasteiger partial charge on any atom is -0.326 e. The zero-order chi connectivity index (χ0) is 9.31. The van der Waals surface area contributed by atoms with Crippen LogP contribution in [0.5, 0.6) is 0 Å². The van der Waals surface area contributed by atoms with Crippen LogP contribution in [0, 0.1) is 0 Å². The molecule has 0 spiro atoms. The van der Waals surface area contributed by atoms with Crippen molar-refractivity contribution in [3.63, 3.8) is 0 Å². The van der Waals surface area contributed by atoms with Crippen molar-refractivity contribution in [3.8, 4) is 0 Å². The van der Waals surface area contributed by atoms with Crippen LogP contribution in [0.15, 0.2) is 0 Å². The summed E-state index contributed by atoms with van der Waals surface area (Å²) in [5.41, 5.74) is 6.53. The average molecular weight is 182 g/mol. The molecule has 13 heavy (non-hydrogen) atoms. The van der Waals surface area contributed by atoms with Gasteiger partial charge in [0.05, 0.1) is 0 Å². The second-order valence-electron chi connectivity index (χ2n) is 4.79. The molecular weight excluding hydrogens is 160 g/mol. The predicted octanol–water partition coefficient (Wildman–Crippen LogP) is 1.74. The zero-order valence-electron chi connectivity index (χ0n) is 8.76. The Hall–Kier alpha value is -0.0800. The molecule has 2 nitrogen and oxygen atoms in total. The van der Waals surface area contributed by atoms with Crippen LogP contribution in [-0.2, 0) is 0 Å². The van der Waals surface area contributed by atoms with Gasteiger partial charge in [-0.1, -0.05) is 6.42 Å². The molecular formula is C11H22N2. The van der Waals surface area contributed by atoms with Crippen LogP contribution in [-0.4, -0.2) is 29.6 Å². The van der Waals surface area contributed by atoms with Gasteiger partial charge in [-0.2, -0.15) is 0 Å². The van der Waals surface area contributed by atoms with Crippen molar-refractivity contribution >= 4 is 0 Å². The van der Waals surface area contributed by atoms with Gasteiger partial charge in [0, 0.05) is 11.6 Å². The van der Waals surface area contributed by atoms with Gasteiger partial charge in [-0.3, -0.25) is 4.90 Å². The molecule has 1 aliphatic heterocycles. The van der Waals surface area contributed by atoms with E-state index in [4.69, 9.17) is 5.73 Å². The number of nitrogens with two attached hydrogens (primary N) is 1. The molecule has 1 unspecified atom stereocenters. The van der Waals surface area contributed by atoms with E-state index in [2.05, 4.69) is 11.8 Å². The third-order valence-corrected chi connectivity index (χ3v) is 4.05. The van der Waals surface area contributed by atoms with E-state index in [-0.39, 0.29) is 0 Å². The summed E-state index contributed by atoms with van der Waals surface area (Å²) in [6.45, 7) is 4.77. The SMILES string of the molecule is CC(N)C1(N2CCCCC2)CCC1. The standard InChI is InChI=1S/C11H22N2/c1-10(12)11(6-5-7-11)13-8-3-2-4-9-13/h10H,2-9,12H2,1H3. The maximum absolute atomic E-state index is 6.12. The molecule has 1 atom stereocenters. The van der Waals surface area contributed by atoms with Crippen LogP contribution >= 0.6 is 0 Å². The quantitative estimate of drug-likeness (QED) is 0.705. The molecule has 0 aromatic rings. The van der Waals surface area contributed by atoms with Gasteiger partial charge in [0.25, 0.3) is 0 Å². The number of hydrogen-bond donors (Lipinski definition) is 1. The van der Waals surface area contributed by atoms with Gasteiger partial charge < -0.3 is 5.73 Å². The fourth-order valence-corrected chi connectivity index (χ4v) is 2.94. The Balaban J connectivity index is 2.02. The first-order chi connectivity index (χ1) is 6.26. The van der Waals surface area contributed by atoms with Crippen LogP contribution in [0.4, 0.5) is 0 Å². The number of rotatable bonds is 2. The smallest absolute Gasteiger partial charge is 0.0357 e. The van der Waals surface area contributed by atoms with Gasteiger partial charge in [0.1, 0.15) is 0 Å². The van der Waals surface area contributed by atoms with Gasteiger partial charge in [0.2, 0.25) is 0 Å². The van der Waals surface area contributed by atoms with Gasteiger partial charge in [-0.15, -0.1) is 0 Å². The van der Waals surface area contributed by atoms with E-state index in [0.717, 1.165) is 0 Å². The zero-order valence-corrected chi connectivity index (χ0v) is 8.76. The first-order valence-electron chi connectivity index (χ1n) is 5.76. The van der Waals surface area contributed by atoms with E-state index in [1.54, 1.807) is 0 Å². The highest BCUT2D eigenvalue weighted by Crippen LogP contribution is 2.41. The van der Waals surface area contributed by atoms with Crippen molar-refractivity contribution in [2.45, 2.75) is 57.0 Å². The second-order valence-corrected chi connectivity index (χ2v) is 4.79. The highest BCUT2D eigenvalue weighted by atomic mass is 15.2. The third kappa shape index (κ3) is 1.50. The largest absolute Gasteiger partial charge is 0.326 e. The molecule has 1 saturated carbocycles. The van der Waals surface area contributed by atoms with Gasteiger partial charge in [0.15, 0.2) is 0 Å². The number of likely N-dealkylation sites (tertiary alicyclic amines) is 1. The van der Waals surface area contributed by atoms with Crippen LogP contribution in [0.1, 0.15) is 45.4 Å². The fourth-order valence-electron chi connectivity index (χ4n) is 2.94. The summed E-state index contributed by atoms with van der Waals surface area (Å²) < 4.78 is 0. The minimum atomic E-state index is 0.361. The predicted molar refractivity (Wildman–Crippen MR) is 55.7 cm³/mol. The number of nitrogens with zero attached hydrogens (tertiary/aromatic N) is 1. The lowest BCUT2D eigenvalue weighted by Gasteiger charge is -2.54. The summed E-state index contributed by atoms with van der Waals surface area (Å²) in [4.78, 5) is 2.67. The Morgan fingerprint density at radius 3 is 2.08 bits per heavy atom. The molecule has 0 aromatic heterocycles. The molecule has 0 radical (unpaired) electrons. The lowest BCUT2D eigenvalue weighted by Crippen LogP contribution is -2.64. The van der Waals surface area contributed by atoms with Crippen molar-refractivity contribution in [2.75, 3.05) is 13.1 Å². The molecule has 0 amide bonds. The summed E-state index contributed by atoms with van der Waals surface area (Å²) in [7, 11) is 0. The Kier molecular flexibility index (Phi) is 2.61. The molecule has 2 aliphatic rings. The summed E-state index contributed by atoms with van der Waals surface area (Å²) in [5.74, 6) is 0. The topological polar surface area (TPSA) is 29.3 Å². The maximum Gasteiger partial charge on any atom is 0.0357 e. The van der Waals surface area contributed by atoms with Crippen molar-refractivity contribution in [2.24, 2.45) is 5.73 Å². The van der Waals surface area contributed by atoms with Crippen LogP contribution < -0.4 is 5.73 Å². The van der Waals surface area contributed by atoms with Crippen molar-refractivity contribution in [1.82, 2.24) is 4.90 Å². The molecule has 76 valence electrons. The lowest BCUT2D eigenvalue weighted by atomic mass is 9.70. The number of hydrogen-bond acceptors (Lipinski definition) is 2. The molecule has 0 aromatic carbocycles. The summed E-state index contributed by atoms with van der Waals surface area (Å²) in [6, 6.07) is 0.361. The number of piperidine rings is 1. The Bertz CT molecular complexity index is 167. The monoisotopic (exact) mass is 182 g/mol. The average Bonchev–Trinajstić information content (AvgIpc) is 2.03. The van der Waals surface area contributed by atoms with Crippen LogP contribution in [0.25, 0.3) is 0 Å². The summed E-state index contributed by atoms with van der Waals surface area (Å²) in [5, 5.41) is 0. The molecule has 0 bridgehead atoms.